The average Bonchev–Trinajstić information content (AvgIpc) is 3.25. The molecule has 0 unspecified atom stereocenters. The van der Waals surface area contributed by atoms with Crippen molar-refractivity contribution in [2.45, 2.75) is 59.8 Å². The number of nitrogens with zero attached hydrogens (tertiary/aromatic N) is 5. The van der Waals surface area contributed by atoms with Gasteiger partial charge < -0.3 is 9.72 Å². The summed E-state index contributed by atoms with van der Waals surface area (Å²) < 4.78 is 7.13. The number of benzene rings is 2. The number of methoxy groups -OCH3 is 1. The summed E-state index contributed by atoms with van der Waals surface area (Å²) >= 11 is 0. The van der Waals surface area contributed by atoms with Gasteiger partial charge in [-0.1, -0.05) is 12.1 Å². The molecule has 0 amide bonds. The van der Waals surface area contributed by atoms with Crippen LogP contribution in [0.4, 0.5) is 0 Å². The lowest BCUT2D eigenvalue weighted by Gasteiger charge is -2.25. The van der Waals surface area contributed by atoms with Crippen LogP contribution in [0, 0.1) is 13.8 Å². The fraction of sp³-hybridized carbons (Fsp3) is 0.385. The molecule has 0 bridgehead atoms. The monoisotopic (exact) mass is 460 g/mol. The van der Waals surface area contributed by atoms with Crippen LogP contribution < -0.4 is 10.3 Å². The molecule has 0 radical (unpaired) electrons. The number of hydrogen-bond donors (Lipinski definition) is 1. The van der Waals surface area contributed by atoms with Crippen LogP contribution in [0.2, 0.25) is 0 Å². The van der Waals surface area contributed by atoms with E-state index < -0.39 is 0 Å². The zero-order valence-electron chi connectivity index (χ0n) is 20.7. The summed E-state index contributed by atoms with van der Waals surface area (Å²) in [6, 6.07) is 14.1. The first-order chi connectivity index (χ1) is 16.1. The zero-order valence-corrected chi connectivity index (χ0v) is 20.7. The molecule has 0 aliphatic heterocycles. The van der Waals surface area contributed by atoms with Crippen molar-refractivity contribution in [2.24, 2.45) is 0 Å². The van der Waals surface area contributed by atoms with Crippen LogP contribution >= 0.6 is 0 Å². The van der Waals surface area contributed by atoms with Gasteiger partial charge in [-0.2, -0.15) is 0 Å². The normalized spacial score (nSPS) is 12.0. The largest absolute Gasteiger partial charge is 0.497 e. The molecule has 1 N–H and O–H groups in total. The van der Waals surface area contributed by atoms with Crippen LogP contribution in [0.3, 0.4) is 0 Å². The Kier molecular flexibility index (Phi) is 6.52. The zero-order chi connectivity index (χ0) is 24.5. The summed E-state index contributed by atoms with van der Waals surface area (Å²) in [4.78, 5) is 18.2. The number of aromatic nitrogens is 5. The van der Waals surface area contributed by atoms with E-state index in [0.29, 0.717) is 25.2 Å². The highest BCUT2D eigenvalue weighted by molar-refractivity contribution is 5.80. The number of tetrazole rings is 1. The van der Waals surface area contributed by atoms with Gasteiger partial charge >= 0.3 is 0 Å². The van der Waals surface area contributed by atoms with Gasteiger partial charge in [-0.3, -0.25) is 9.69 Å². The second kappa shape index (κ2) is 9.38. The number of hydrogen-bond acceptors (Lipinski definition) is 6. The van der Waals surface area contributed by atoms with E-state index in [2.05, 4.69) is 66.1 Å². The highest BCUT2D eigenvalue weighted by atomic mass is 16.5. The van der Waals surface area contributed by atoms with Crippen molar-refractivity contribution in [3.63, 3.8) is 0 Å². The lowest BCUT2D eigenvalue weighted by molar-refractivity contribution is 0.223. The van der Waals surface area contributed by atoms with Gasteiger partial charge in [0.25, 0.3) is 5.56 Å². The number of pyridine rings is 1. The SMILES string of the molecule is COc1ccc(CN(Cc2cc3cc(C)c(C)cc3[nH]c2=O)Cc2nnnn2C(C)(C)C)cc1. The van der Waals surface area contributed by atoms with E-state index in [0.717, 1.165) is 33.6 Å². The molecule has 0 saturated carbocycles. The maximum atomic E-state index is 13.0. The predicted molar refractivity (Wildman–Crippen MR) is 133 cm³/mol. The summed E-state index contributed by atoms with van der Waals surface area (Å²) in [7, 11) is 1.66. The number of fused-ring (bicyclic) bond motifs is 1. The van der Waals surface area contributed by atoms with Gasteiger partial charge in [-0.25, -0.2) is 4.68 Å². The Morgan fingerprint density at radius 2 is 1.71 bits per heavy atom. The first-order valence-corrected chi connectivity index (χ1v) is 11.4. The topological polar surface area (TPSA) is 88.9 Å². The lowest BCUT2D eigenvalue weighted by atomic mass is 10.0. The van der Waals surface area contributed by atoms with Gasteiger partial charge in [-0.05, 0) is 97.5 Å². The maximum Gasteiger partial charge on any atom is 0.252 e. The van der Waals surface area contributed by atoms with Crippen LogP contribution in [0.25, 0.3) is 10.9 Å². The number of ether oxygens (including phenoxy) is 1. The van der Waals surface area contributed by atoms with Crippen LogP contribution in [0.15, 0.2) is 47.3 Å². The smallest absolute Gasteiger partial charge is 0.252 e. The number of aromatic amines is 1. The van der Waals surface area contributed by atoms with Crippen molar-refractivity contribution in [3.05, 3.63) is 80.9 Å². The molecule has 4 rings (SSSR count). The summed E-state index contributed by atoms with van der Waals surface area (Å²) in [6.45, 7) is 11.9. The van der Waals surface area contributed by atoms with Gasteiger partial charge in [0.05, 0.1) is 19.2 Å². The van der Waals surface area contributed by atoms with Crippen molar-refractivity contribution in [1.29, 1.82) is 0 Å². The second-order valence-corrected chi connectivity index (χ2v) is 9.82. The summed E-state index contributed by atoms with van der Waals surface area (Å²) in [5.74, 6) is 1.56. The van der Waals surface area contributed by atoms with Gasteiger partial charge in [0.1, 0.15) is 5.75 Å². The summed E-state index contributed by atoms with van der Waals surface area (Å²) in [5, 5.41) is 13.4. The van der Waals surface area contributed by atoms with E-state index in [-0.39, 0.29) is 11.1 Å². The van der Waals surface area contributed by atoms with Crippen LogP contribution in [0.1, 0.15) is 48.8 Å². The standard InChI is InChI=1S/C26H32N6O2/c1-17-11-20-13-21(25(33)27-23(20)12-18(17)2)15-31(14-19-7-9-22(34-6)10-8-19)16-24-28-29-30-32(24)26(3,4)5/h7-13H,14-16H2,1-6H3,(H,27,33). The molecule has 0 fully saturated rings. The average molecular weight is 461 g/mol. The Morgan fingerprint density at radius 1 is 1.00 bits per heavy atom. The first kappa shape index (κ1) is 23.6. The minimum absolute atomic E-state index is 0.0779. The van der Waals surface area contributed by atoms with E-state index in [4.69, 9.17) is 4.74 Å². The van der Waals surface area contributed by atoms with Crippen LogP contribution in [-0.2, 0) is 25.2 Å². The fourth-order valence-corrected chi connectivity index (χ4v) is 4.06. The highest BCUT2D eigenvalue weighted by Crippen LogP contribution is 2.21. The Bertz CT molecular complexity index is 1350. The molecule has 0 atom stereocenters. The van der Waals surface area contributed by atoms with E-state index in [1.807, 2.05) is 41.1 Å². The van der Waals surface area contributed by atoms with Crippen molar-refractivity contribution in [3.8, 4) is 5.75 Å². The number of rotatable bonds is 7. The van der Waals surface area contributed by atoms with Gasteiger partial charge in [0.2, 0.25) is 0 Å². The molecule has 8 heteroatoms. The first-order valence-electron chi connectivity index (χ1n) is 11.4. The van der Waals surface area contributed by atoms with Crippen LogP contribution in [-0.4, -0.2) is 37.2 Å². The van der Waals surface area contributed by atoms with E-state index >= 15 is 0 Å². The third-order valence-electron chi connectivity index (χ3n) is 6.03. The van der Waals surface area contributed by atoms with Crippen molar-refractivity contribution >= 4 is 10.9 Å². The maximum absolute atomic E-state index is 13.0. The molecule has 2 heterocycles. The molecule has 34 heavy (non-hydrogen) atoms. The Balaban J connectivity index is 1.69. The molecular weight excluding hydrogens is 428 g/mol. The molecule has 0 aliphatic carbocycles. The molecular formula is C26H32N6O2. The molecule has 0 spiro atoms. The van der Waals surface area contributed by atoms with Crippen molar-refractivity contribution in [2.75, 3.05) is 7.11 Å². The molecule has 2 aromatic carbocycles. The minimum Gasteiger partial charge on any atom is -0.497 e. The van der Waals surface area contributed by atoms with Gasteiger partial charge in [0, 0.05) is 24.2 Å². The highest BCUT2D eigenvalue weighted by Gasteiger charge is 2.22. The summed E-state index contributed by atoms with van der Waals surface area (Å²) in [5.41, 5.74) is 4.70. The number of aryl methyl sites for hydroxylation is 2. The number of nitrogens with one attached hydrogen (secondary N) is 1. The Labute approximate surface area is 199 Å². The second-order valence-electron chi connectivity index (χ2n) is 9.82. The quantitative estimate of drug-likeness (QED) is 0.447. The Hall–Kier alpha value is -3.52. The van der Waals surface area contributed by atoms with Gasteiger partial charge in [-0.15, -0.1) is 5.10 Å². The molecule has 0 saturated heterocycles. The molecule has 2 aromatic heterocycles. The molecule has 4 aromatic rings. The fourth-order valence-electron chi connectivity index (χ4n) is 4.06. The third-order valence-corrected chi connectivity index (χ3v) is 6.03. The molecule has 0 aliphatic rings. The predicted octanol–water partition coefficient (Wildman–Crippen LogP) is 4.10. The van der Waals surface area contributed by atoms with Crippen molar-refractivity contribution in [1.82, 2.24) is 30.1 Å². The summed E-state index contributed by atoms with van der Waals surface area (Å²) in [6.07, 6.45) is 0. The van der Waals surface area contributed by atoms with E-state index in [1.54, 1.807) is 7.11 Å². The Morgan fingerprint density at radius 3 is 2.38 bits per heavy atom. The number of H-pyrrole nitrogens is 1. The minimum atomic E-state index is -0.250. The third kappa shape index (κ3) is 5.17. The van der Waals surface area contributed by atoms with Gasteiger partial charge in [0.15, 0.2) is 5.82 Å². The van der Waals surface area contributed by atoms with Crippen molar-refractivity contribution < 1.29 is 4.74 Å². The molecule has 178 valence electrons. The van der Waals surface area contributed by atoms with E-state index in [9.17, 15) is 4.79 Å². The molecule has 8 nitrogen and oxygen atoms in total. The van der Waals surface area contributed by atoms with E-state index in [1.165, 1.54) is 5.56 Å². The lowest BCUT2D eigenvalue weighted by Crippen LogP contribution is -2.31. The van der Waals surface area contributed by atoms with Crippen LogP contribution in [0.5, 0.6) is 5.75 Å².